The van der Waals surface area contributed by atoms with E-state index in [-0.39, 0.29) is 10.8 Å². The Kier molecular flexibility index (Phi) is 4.37. The highest BCUT2D eigenvalue weighted by Crippen LogP contribution is 2.37. The Balaban J connectivity index is 1.66. The third kappa shape index (κ3) is 3.06. The van der Waals surface area contributed by atoms with E-state index in [0.717, 1.165) is 15.8 Å². The maximum Gasteiger partial charge on any atom is 0.257 e. The topological polar surface area (TPSA) is 76.3 Å². The van der Waals surface area contributed by atoms with Crippen molar-refractivity contribution in [2.45, 2.75) is 30.7 Å². The molecule has 0 saturated carbocycles. The highest BCUT2D eigenvalue weighted by Gasteiger charge is 2.39. The van der Waals surface area contributed by atoms with Gasteiger partial charge in [0, 0.05) is 11.4 Å². The van der Waals surface area contributed by atoms with Gasteiger partial charge < -0.3 is 4.42 Å². The lowest BCUT2D eigenvalue weighted by molar-refractivity contribution is 0.332. The van der Waals surface area contributed by atoms with Crippen LogP contribution >= 0.6 is 11.3 Å². The summed E-state index contributed by atoms with van der Waals surface area (Å²) < 4.78 is 46.4. The summed E-state index contributed by atoms with van der Waals surface area (Å²) >= 11 is 1.53. The maximum atomic E-state index is 13.5. The van der Waals surface area contributed by atoms with Gasteiger partial charge in [-0.2, -0.15) is 4.31 Å². The number of sulfonamides is 1. The van der Waals surface area contributed by atoms with Gasteiger partial charge >= 0.3 is 0 Å². The average Bonchev–Trinajstić information content (AvgIpc) is 3.34. The summed E-state index contributed by atoms with van der Waals surface area (Å²) in [5, 5.41) is 8.13. The fourth-order valence-corrected chi connectivity index (χ4v) is 5.53. The Morgan fingerprint density at radius 1 is 1.27 bits per heavy atom. The molecule has 1 fully saturated rings. The third-order valence-corrected chi connectivity index (χ3v) is 7.18. The molecule has 6 nitrogen and oxygen atoms in total. The lowest BCUT2D eigenvalue weighted by atomic mass is 10.2. The summed E-state index contributed by atoms with van der Waals surface area (Å²) in [6.07, 6.45) is 1.26. The second-order valence-corrected chi connectivity index (χ2v) is 9.27. The van der Waals surface area contributed by atoms with Gasteiger partial charge in [0.2, 0.25) is 15.9 Å². The van der Waals surface area contributed by atoms with E-state index in [1.807, 2.05) is 19.1 Å². The monoisotopic (exact) mass is 393 g/mol. The number of rotatable bonds is 4. The van der Waals surface area contributed by atoms with Crippen LogP contribution in [-0.4, -0.2) is 29.5 Å². The summed E-state index contributed by atoms with van der Waals surface area (Å²) in [6, 6.07) is 8.34. The molecule has 136 valence electrons. The molecule has 0 spiro atoms. The van der Waals surface area contributed by atoms with Gasteiger partial charge in [-0.3, -0.25) is 0 Å². The normalized spacial score (nSPS) is 18.5. The number of hydrogen-bond donors (Lipinski definition) is 0. The number of nitrogens with zero attached hydrogens (tertiary/aromatic N) is 3. The Hall–Kier alpha value is -2.10. The average molecular weight is 393 g/mol. The molecule has 3 aromatic rings. The van der Waals surface area contributed by atoms with Crippen LogP contribution in [0, 0.1) is 12.7 Å². The first-order chi connectivity index (χ1) is 12.4. The highest BCUT2D eigenvalue weighted by atomic mass is 32.2. The molecule has 3 heterocycles. The first-order valence-corrected chi connectivity index (χ1v) is 10.4. The van der Waals surface area contributed by atoms with Gasteiger partial charge in [0.15, 0.2) is 0 Å². The van der Waals surface area contributed by atoms with Gasteiger partial charge in [-0.05, 0) is 50.1 Å². The SMILES string of the molecule is Cc1ccc(-c2nnc([C@@H]3CCCN3S(=O)(=O)c3cccc(F)c3)o2)s1. The molecule has 1 aliphatic heterocycles. The Labute approximate surface area is 154 Å². The van der Waals surface area contributed by atoms with Crippen LogP contribution in [0.5, 0.6) is 0 Å². The largest absolute Gasteiger partial charge is 0.418 e. The van der Waals surface area contributed by atoms with Crippen molar-refractivity contribution >= 4 is 21.4 Å². The number of hydrogen-bond acceptors (Lipinski definition) is 6. The minimum atomic E-state index is -3.84. The maximum absolute atomic E-state index is 13.5. The van der Waals surface area contributed by atoms with E-state index in [0.29, 0.717) is 25.3 Å². The molecule has 1 atom stereocenters. The molecule has 1 aliphatic rings. The molecule has 0 bridgehead atoms. The van der Waals surface area contributed by atoms with E-state index in [9.17, 15) is 12.8 Å². The van der Waals surface area contributed by atoms with Gasteiger partial charge in [0.1, 0.15) is 11.9 Å². The van der Waals surface area contributed by atoms with Crippen molar-refractivity contribution < 1.29 is 17.2 Å². The van der Waals surface area contributed by atoms with Crippen molar-refractivity contribution in [1.29, 1.82) is 0 Å². The molecule has 0 aliphatic carbocycles. The van der Waals surface area contributed by atoms with Crippen LogP contribution in [0.2, 0.25) is 0 Å². The van der Waals surface area contributed by atoms with E-state index in [1.165, 1.54) is 33.8 Å². The lowest BCUT2D eigenvalue weighted by Gasteiger charge is -2.21. The molecule has 9 heteroatoms. The lowest BCUT2D eigenvalue weighted by Crippen LogP contribution is -2.31. The fourth-order valence-electron chi connectivity index (χ4n) is 3.06. The molecule has 0 amide bonds. The van der Waals surface area contributed by atoms with Crippen LogP contribution in [0.25, 0.3) is 10.8 Å². The summed E-state index contributed by atoms with van der Waals surface area (Å²) in [5.41, 5.74) is 0. The molecule has 26 heavy (non-hydrogen) atoms. The van der Waals surface area contributed by atoms with Gasteiger partial charge in [-0.25, -0.2) is 12.8 Å². The predicted molar refractivity (Wildman–Crippen MR) is 94.6 cm³/mol. The second kappa shape index (κ2) is 6.57. The van der Waals surface area contributed by atoms with Crippen LogP contribution < -0.4 is 0 Å². The fraction of sp³-hybridized carbons (Fsp3) is 0.294. The van der Waals surface area contributed by atoms with E-state index in [4.69, 9.17) is 4.42 Å². The zero-order chi connectivity index (χ0) is 18.3. The third-order valence-electron chi connectivity index (χ3n) is 4.28. The number of benzene rings is 1. The molecule has 0 unspecified atom stereocenters. The Morgan fingerprint density at radius 3 is 2.85 bits per heavy atom. The number of halogens is 1. The quantitative estimate of drug-likeness (QED) is 0.674. The van der Waals surface area contributed by atoms with Crippen LogP contribution in [0.1, 0.15) is 29.7 Å². The molecule has 0 N–H and O–H groups in total. The second-order valence-electron chi connectivity index (χ2n) is 6.09. The van der Waals surface area contributed by atoms with Crippen molar-refractivity contribution in [3.05, 3.63) is 53.0 Å². The molecular formula is C17H16FN3O3S2. The zero-order valence-corrected chi connectivity index (χ0v) is 15.6. The minimum Gasteiger partial charge on any atom is -0.418 e. The van der Waals surface area contributed by atoms with E-state index in [2.05, 4.69) is 10.2 Å². The Bertz CT molecular complexity index is 1040. The van der Waals surface area contributed by atoms with E-state index in [1.54, 1.807) is 0 Å². The van der Waals surface area contributed by atoms with Crippen LogP contribution in [0.4, 0.5) is 4.39 Å². The zero-order valence-electron chi connectivity index (χ0n) is 13.9. The summed E-state index contributed by atoms with van der Waals surface area (Å²) in [4.78, 5) is 1.90. The van der Waals surface area contributed by atoms with Gasteiger partial charge in [-0.1, -0.05) is 6.07 Å². The predicted octanol–water partition coefficient (Wildman–Crippen LogP) is 3.77. The van der Waals surface area contributed by atoms with Crippen molar-refractivity contribution in [2.75, 3.05) is 6.54 Å². The summed E-state index contributed by atoms with van der Waals surface area (Å²) in [5.74, 6) is 0.0617. The molecule has 1 aromatic carbocycles. The van der Waals surface area contributed by atoms with Crippen molar-refractivity contribution in [3.63, 3.8) is 0 Å². The van der Waals surface area contributed by atoms with Crippen LogP contribution in [0.15, 0.2) is 45.7 Å². The van der Waals surface area contributed by atoms with E-state index < -0.39 is 21.9 Å². The first kappa shape index (κ1) is 17.3. The van der Waals surface area contributed by atoms with Gasteiger partial charge in [0.05, 0.1) is 9.77 Å². The van der Waals surface area contributed by atoms with Crippen molar-refractivity contribution in [1.82, 2.24) is 14.5 Å². The van der Waals surface area contributed by atoms with Crippen LogP contribution in [0.3, 0.4) is 0 Å². The number of aromatic nitrogens is 2. The standard InChI is InChI=1S/C17H16FN3O3S2/c1-11-7-8-15(25-11)17-20-19-16(24-17)14-6-3-9-21(14)26(22,23)13-5-2-4-12(18)10-13/h2,4-5,7-8,10,14H,3,6,9H2,1H3/t14-/m0/s1. The molecule has 4 rings (SSSR count). The van der Waals surface area contributed by atoms with Gasteiger partial charge in [0.25, 0.3) is 5.89 Å². The Morgan fingerprint density at radius 2 is 2.12 bits per heavy atom. The highest BCUT2D eigenvalue weighted by molar-refractivity contribution is 7.89. The molecular weight excluding hydrogens is 377 g/mol. The molecule has 2 aromatic heterocycles. The van der Waals surface area contributed by atoms with Gasteiger partial charge in [-0.15, -0.1) is 21.5 Å². The number of aryl methyl sites for hydroxylation is 1. The van der Waals surface area contributed by atoms with E-state index >= 15 is 0 Å². The summed E-state index contributed by atoms with van der Waals surface area (Å²) in [7, 11) is -3.84. The van der Waals surface area contributed by atoms with Crippen molar-refractivity contribution in [3.8, 4) is 10.8 Å². The molecule has 1 saturated heterocycles. The molecule has 0 radical (unpaired) electrons. The summed E-state index contributed by atoms with van der Waals surface area (Å²) in [6.45, 7) is 2.31. The first-order valence-electron chi connectivity index (χ1n) is 8.13. The number of thiophene rings is 1. The minimum absolute atomic E-state index is 0.0713. The smallest absolute Gasteiger partial charge is 0.257 e. The van der Waals surface area contributed by atoms with Crippen LogP contribution in [-0.2, 0) is 10.0 Å². The van der Waals surface area contributed by atoms with Crippen molar-refractivity contribution in [2.24, 2.45) is 0 Å².